The van der Waals surface area contributed by atoms with E-state index in [1.807, 2.05) is 6.92 Å². The van der Waals surface area contributed by atoms with Gasteiger partial charge in [0.25, 0.3) is 0 Å². The molecule has 0 bridgehead atoms. The average Bonchev–Trinajstić information content (AvgIpc) is 3.49. The van der Waals surface area contributed by atoms with Crippen molar-refractivity contribution in [2.75, 3.05) is 25.6 Å². The van der Waals surface area contributed by atoms with Crippen LogP contribution in [0.1, 0.15) is 62.9 Å². The third-order valence-corrected chi connectivity index (χ3v) is 8.75. The fraction of sp³-hybridized carbons (Fsp3) is 0.783. The molecule has 7 nitrogen and oxygen atoms in total. The lowest BCUT2D eigenvalue weighted by Crippen LogP contribution is -2.53. The van der Waals surface area contributed by atoms with Crippen molar-refractivity contribution in [2.45, 2.75) is 64.9 Å². The standard InChI is InChI=1S/C23H35N3O4S/c1-12(20(28)24-9-10-30-4)15-7-8-23(3)11-16-18(13(2)17(23)19(15)27)25-22(31-16)26-21(29)14-5-6-14/h12-15,17,19,27H,5-11H2,1-4H3,(H,24,28)(H,25,26,29)/t12-,13-,15+,17+,19-,23-/m0/s1. The summed E-state index contributed by atoms with van der Waals surface area (Å²) in [4.78, 5) is 30.8. The summed E-state index contributed by atoms with van der Waals surface area (Å²) in [7, 11) is 1.61. The van der Waals surface area contributed by atoms with Gasteiger partial charge >= 0.3 is 0 Å². The molecule has 0 saturated heterocycles. The van der Waals surface area contributed by atoms with Gasteiger partial charge in [-0.15, -0.1) is 11.3 Å². The summed E-state index contributed by atoms with van der Waals surface area (Å²) in [5.74, 6) is 0.00670. The number of hydrogen-bond acceptors (Lipinski definition) is 6. The molecule has 0 radical (unpaired) electrons. The topological polar surface area (TPSA) is 101 Å². The van der Waals surface area contributed by atoms with E-state index in [4.69, 9.17) is 9.72 Å². The molecule has 0 aromatic carbocycles. The highest BCUT2D eigenvalue weighted by molar-refractivity contribution is 7.15. The van der Waals surface area contributed by atoms with Crippen LogP contribution < -0.4 is 10.6 Å². The van der Waals surface area contributed by atoms with Crippen molar-refractivity contribution in [2.24, 2.45) is 29.1 Å². The fourth-order valence-corrected chi connectivity index (χ4v) is 7.05. The lowest BCUT2D eigenvalue weighted by molar-refractivity contribution is -0.135. The van der Waals surface area contributed by atoms with Crippen LogP contribution >= 0.6 is 11.3 Å². The molecule has 1 aromatic rings. The second kappa shape index (κ2) is 8.79. The van der Waals surface area contributed by atoms with Gasteiger partial charge in [-0.1, -0.05) is 20.8 Å². The molecule has 6 atom stereocenters. The zero-order valence-electron chi connectivity index (χ0n) is 18.9. The number of methoxy groups -OCH3 is 1. The summed E-state index contributed by atoms with van der Waals surface area (Å²) in [6.07, 6.45) is 4.05. The van der Waals surface area contributed by atoms with Crippen molar-refractivity contribution in [3.63, 3.8) is 0 Å². The number of aliphatic hydroxyl groups excluding tert-OH is 1. The van der Waals surface area contributed by atoms with Gasteiger partial charge in [-0.05, 0) is 49.4 Å². The second-order valence-electron chi connectivity index (χ2n) is 10.0. The summed E-state index contributed by atoms with van der Waals surface area (Å²) < 4.78 is 5.02. The van der Waals surface area contributed by atoms with Gasteiger partial charge in [0.15, 0.2) is 5.13 Å². The number of nitrogens with zero attached hydrogens (tertiary/aromatic N) is 1. The van der Waals surface area contributed by atoms with E-state index in [0.717, 1.165) is 37.8 Å². The number of aromatic nitrogens is 1. The maximum Gasteiger partial charge on any atom is 0.229 e. The minimum absolute atomic E-state index is 0.0208. The van der Waals surface area contributed by atoms with E-state index < -0.39 is 6.10 Å². The number of ether oxygens (including phenoxy) is 1. The SMILES string of the molecule is COCCNC(=O)[C@@H](C)[C@H]1CC[C@@]2(C)Cc3sc(NC(=O)C4CC4)nc3[C@@H](C)[C@@H]2[C@H]1O. The van der Waals surface area contributed by atoms with Crippen molar-refractivity contribution >= 4 is 28.3 Å². The number of anilines is 1. The molecular weight excluding hydrogens is 414 g/mol. The minimum atomic E-state index is -0.559. The van der Waals surface area contributed by atoms with Crippen LogP contribution in [0.2, 0.25) is 0 Å². The molecule has 2 saturated carbocycles. The monoisotopic (exact) mass is 449 g/mol. The van der Waals surface area contributed by atoms with Crippen molar-refractivity contribution in [3.8, 4) is 0 Å². The van der Waals surface area contributed by atoms with Crippen LogP contribution in [0.5, 0.6) is 0 Å². The third kappa shape index (κ3) is 4.39. The third-order valence-electron chi connectivity index (χ3n) is 7.76. The predicted octanol–water partition coefficient (Wildman–Crippen LogP) is 2.94. The minimum Gasteiger partial charge on any atom is -0.392 e. The van der Waals surface area contributed by atoms with Crippen LogP contribution in [-0.4, -0.2) is 48.3 Å². The number of carbonyl (C=O) groups excluding carboxylic acids is 2. The van der Waals surface area contributed by atoms with Crippen molar-refractivity contribution in [1.29, 1.82) is 0 Å². The smallest absolute Gasteiger partial charge is 0.229 e. The average molecular weight is 450 g/mol. The molecule has 172 valence electrons. The molecule has 3 N–H and O–H groups in total. The Morgan fingerprint density at radius 2 is 2.10 bits per heavy atom. The highest BCUT2D eigenvalue weighted by Crippen LogP contribution is 2.57. The van der Waals surface area contributed by atoms with Gasteiger partial charge in [-0.25, -0.2) is 4.98 Å². The summed E-state index contributed by atoms with van der Waals surface area (Å²) in [6.45, 7) is 7.29. The summed E-state index contributed by atoms with van der Waals surface area (Å²) in [6, 6.07) is 0. The lowest BCUT2D eigenvalue weighted by Gasteiger charge is -2.53. The van der Waals surface area contributed by atoms with Crippen LogP contribution in [-0.2, 0) is 20.7 Å². The lowest BCUT2D eigenvalue weighted by atomic mass is 9.53. The molecule has 0 spiro atoms. The van der Waals surface area contributed by atoms with Crippen LogP contribution in [0.25, 0.3) is 0 Å². The van der Waals surface area contributed by atoms with E-state index in [2.05, 4.69) is 24.5 Å². The van der Waals surface area contributed by atoms with Crippen molar-refractivity contribution < 1.29 is 19.4 Å². The Hall–Kier alpha value is -1.51. The maximum absolute atomic E-state index is 12.6. The van der Waals surface area contributed by atoms with Gasteiger partial charge in [-0.3, -0.25) is 9.59 Å². The number of nitrogens with one attached hydrogen (secondary N) is 2. The number of aliphatic hydroxyl groups is 1. The van der Waals surface area contributed by atoms with Gasteiger partial charge in [-0.2, -0.15) is 0 Å². The van der Waals surface area contributed by atoms with Gasteiger partial charge in [0.2, 0.25) is 11.8 Å². The van der Waals surface area contributed by atoms with E-state index in [1.54, 1.807) is 18.4 Å². The van der Waals surface area contributed by atoms with E-state index in [9.17, 15) is 14.7 Å². The van der Waals surface area contributed by atoms with Crippen LogP contribution in [0.15, 0.2) is 0 Å². The molecule has 3 aliphatic rings. The zero-order valence-corrected chi connectivity index (χ0v) is 19.8. The van der Waals surface area contributed by atoms with Crippen molar-refractivity contribution in [3.05, 3.63) is 10.6 Å². The molecular formula is C23H35N3O4S. The number of fused-ring (bicyclic) bond motifs is 2. The van der Waals surface area contributed by atoms with Gasteiger partial charge < -0.3 is 20.5 Å². The van der Waals surface area contributed by atoms with E-state index in [1.165, 1.54) is 4.88 Å². The molecule has 2 fully saturated rings. The second-order valence-corrected chi connectivity index (χ2v) is 11.1. The number of rotatable bonds is 7. The quantitative estimate of drug-likeness (QED) is 0.556. The largest absolute Gasteiger partial charge is 0.392 e. The molecule has 31 heavy (non-hydrogen) atoms. The Bertz CT molecular complexity index is 839. The number of carbonyl (C=O) groups is 2. The molecule has 8 heteroatoms. The Labute approximate surface area is 188 Å². The predicted molar refractivity (Wildman–Crippen MR) is 120 cm³/mol. The number of amides is 2. The maximum atomic E-state index is 12.6. The first kappa shape index (κ1) is 22.7. The first-order valence-electron chi connectivity index (χ1n) is 11.5. The first-order chi connectivity index (χ1) is 14.7. The number of thiazole rings is 1. The summed E-state index contributed by atoms with van der Waals surface area (Å²) in [5, 5.41) is 18.1. The van der Waals surface area contributed by atoms with Gasteiger partial charge in [0.05, 0.1) is 18.4 Å². The molecule has 1 heterocycles. The molecule has 2 amide bonds. The summed E-state index contributed by atoms with van der Waals surface area (Å²) in [5.41, 5.74) is 0.981. The van der Waals surface area contributed by atoms with Crippen LogP contribution in [0, 0.1) is 29.1 Å². The first-order valence-corrected chi connectivity index (χ1v) is 12.3. The summed E-state index contributed by atoms with van der Waals surface area (Å²) >= 11 is 1.59. The molecule has 3 aliphatic carbocycles. The van der Waals surface area contributed by atoms with Gasteiger partial charge in [0, 0.05) is 36.3 Å². The molecule has 0 aliphatic heterocycles. The van der Waals surface area contributed by atoms with E-state index in [-0.39, 0.29) is 46.8 Å². The highest BCUT2D eigenvalue weighted by Gasteiger charge is 2.54. The normalized spacial score (nSPS) is 33.2. The van der Waals surface area contributed by atoms with Crippen LogP contribution in [0.4, 0.5) is 5.13 Å². The Balaban J connectivity index is 1.50. The van der Waals surface area contributed by atoms with E-state index in [0.29, 0.717) is 18.3 Å². The Morgan fingerprint density at radius 1 is 1.35 bits per heavy atom. The Kier molecular flexibility index (Phi) is 6.43. The zero-order chi connectivity index (χ0) is 22.3. The van der Waals surface area contributed by atoms with Crippen molar-refractivity contribution in [1.82, 2.24) is 10.3 Å². The molecule has 1 aromatic heterocycles. The van der Waals surface area contributed by atoms with Crippen LogP contribution in [0.3, 0.4) is 0 Å². The number of hydrogen-bond donors (Lipinski definition) is 3. The molecule has 0 unspecified atom stereocenters. The highest BCUT2D eigenvalue weighted by atomic mass is 32.1. The molecule has 4 rings (SSSR count). The fourth-order valence-electron chi connectivity index (χ4n) is 5.78. The Morgan fingerprint density at radius 3 is 2.77 bits per heavy atom. The van der Waals surface area contributed by atoms with E-state index >= 15 is 0 Å². The van der Waals surface area contributed by atoms with Gasteiger partial charge in [0.1, 0.15) is 0 Å².